The molecule has 1 saturated heterocycles. The lowest BCUT2D eigenvalue weighted by Gasteiger charge is -2.20. The first-order valence-corrected chi connectivity index (χ1v) is 8.91. The van der Waals surface area contributed by atoms with Crippen LogP contribution >= 0.6 is 11.3 Å². The van der Waals surface area contributed by atoms with Gasteiger partial charge in [-0.25, -0.2) is 0 Å². The zero-order valence-electron chi connectivity index (χ0n) is 14.6. The minimum Gasteiger partial charge on any atom is -0.497 e. The molecule has 1 fully saturated rings. The van der Waals surface area contributed by atoms with Gasteiger partial charge in [0, 0.05) is 19.0 Å². The Morgan fingerprint density at radius 3 is 2.93 bits per heavy atom. The number of rotatable bonds is 5. The first-order chi connectivity index (χ1) is 13.1. The Kier molecular flexibility index (Phi) is 4.36. The van der Waals surface area contributed by atoms with Crippen molar-refractivity contribution in [2.45, 2.75) is 6.42 Å². The topological polar surface area (TPSA) is 111 Å². The van der Waals surface area contributed by atoms with Gasteiger partial charge in [-0.15, -0.1) is 15.3 Å². The molecule has 0 radical (unpaired) electrons. The first-order valence-electron chi connectivity index (χ1n) is 8.09. The van der Waals surface area contributed by atoms with Crippen LogP contribution in [0.15, 0.2) is 24.5 Å². The van der Waals surface area contributed by atoms with Crippen LogP contribution in [0.4, 0.5) is 10.8 Å². The molecule has 1 aromatic carbocycles. The number of nitrogens with zero attached hydrogens (tertiary/aromatic N) is 5. The second kappa shape index (κ2) is 6.83. The van der Waals surface area contributed by atoms with E-state index in [1.54, 1.807) is 30.2 Å². The molecule has 1 aliphatic heterocycles. The van der Waals surface area contributed by atoms with E-state index < -0.39 is 5.92 Å². The molecule has 0 saturated carbocycles. The summed E-state index contributed by atoms with van der Waals surface area (Å²) in [5, 5.41) is 14.9. The quantitative estimate of drug-likeness (QED) is 0.699. The van der Waals surface area contributed by atoms with E-state index in [1.165, 1.54) is 29.3 Å². The number of hydrogen-bond acceptors (Lipinski definition) is 8. The molecule has 3 heterocycles. The molecule has 2 aromatic heterocycles. The van der Waals surface area contributed by atoms with Crippen LogP contribution in [-0.2, 0) is 9.59 Å². The number of amides is 2. The minimum atomic E-state index is -0.497. The van der Waals surface area contributed by atoms with Crippen LogP contribution in [0.3, 0.4) is 0 Å². The van der Waals surface area contributed by atoms with E-state index in [2.05, 4.69) is 20.6 Å². The monoisotopic (exact) mass is 388 g/mol. The van der Waals surface area contributed by atoms with E-state index in [1.807, 2.05) is 0 Å². The molecule has 3 aromatic rings. The zero-order valence-corrected chi connectivity index (χ0v) is 15.4. The summed E-state index contributed by atoms with van der Waals surface area (Å²) in [6.45, 7) is 0.248. The molecule has 1 aliphatic rings. The molecule has 0 bridgehead atoms. The van der Waals surface area contributed by atoms with Crippen LogP contribution in [0.1, 0.15) is 6.42 Å². The van der Waals surface area contributed by atoms with Crippen molar-refractivity contribution < 1.29 is 19.1 Å². The van der Waals surface area contributed by atoms with Crippen molar-refractivity contribution in [3.05, 3.63) is 24.5 Å². The van der Waals surface area contributed by atoms with Crippen molar-refractivity contribution in [2.24, 2.45) is 5.92 Å². The van der Waals surface area contributed by atoms with E-state index >= 15 is 0 Å². The zero-order chi connectivity index (χ0) is 19.0. The van der Waals surface area contributed by atoms with Crippen molar-refractivity contribution >= 4 is 38.9 Å². The van der Waals surface area contributed by atoms with Crippen LogP contribution in [-0.4, -0.2) is 52.4 Å². The highest BCUT2D eigenvalue weighted by atomic mass is 32.1. The largest absolute Gasteiger partial charge is 0.497 e. The molecule has 0 aliphatic carbocycles. The van der Waals surface area contributed by atoms with Gasteiger partial charge < -0.3 is 19.7 Å². The molecule has 140 valence electrons. The highest BCUT2D eigenvalue weighted by Gasteiger charge is 2.36. The minimum absolute atomic E-state index is 0.107. The average molecular weight is 388 g/mol. The van der Waals surface area contributed by atoms with Crippen molar-refractivity contribution in [1.82, 2.24) is 19.8 Å². The summed E-state index contributed by atoms with van der Waals surface area (Å²) in [4.78, 5) is 27.2. The number of fused-ring (bicyclic) bond motifs is 1. The van der Waals surface area contributed by atoms with Crippen molar-refractivity contribution in [3.63, 3.8) is 0 Å². The van der Waals surface area contributed by atoms with E-state index in [4.69, 9.17) is 9.47 Å². The van der Waals surface area contributed by atoms with Gasteiger partial charge in [-0.05, 0) is 12.1 Å². The van der Waals surface area contributed by atoms with E-state index in [-0.39, 0.29) is 24.8 Å². The smallest absolute Gasteiger partial charge is 0.236 e. The number of benzene rings is 1. The fourth-order valence-electron chi connectivity index (χ4n) is 2.94. The second-order valence-electron chi connectivity index (χ2n) is 5.90. The third kappa shape index (κ3) is 3.16. The SMILES string of the molecule is COc1ccc(OC)c(N2C[C@H](C(=O)Nc3nn4cnnc4s3)CC2=O)c1. The Hall–Kier alpha value is -3.21. The van der Waals surface area contributed by atoms with Gasteiger partial charge >= 0.3 is 0 Å². The lowest BCUT2D eigenvalue weighted by atomic mass is 10.1. The fourth-order valence-corrected chi connectivity index (χ4v) is 3.66. The highest BCUT2D eigenvalue weighted by Crippen LogP contribution is 2.36. The number of nitrogens with one attached hydrogen (secondary N) is 1. The summed E-state index contributed by atoms with van der Waals surface area (Å²) in [6, 6.07) is 5.20. The van der Waals surface area contributed by atoms with Crippen molar-refractivity contribution in [1.29, 1.82) is 0 Å². The van der Waals surface area contributed by atoms with Crippen LogP contribution in [0, 0.1) is 5.92 Å². The summed E-state index contributed by atoms with van der Waals surface area (Å²) in [7, 11) is 3.08. The number of anilines is 2. The van der Waals surface area contributed by atoms with Crippen LogP contribution in [0.25, 0.3) is 4.96 Å². The van der Waals surface area contributed by atoms with Gasteiger partial charge in [-0.1, -0.05) is 11.3 Å². The predicted octanol–water partition coefficient (Wildman–Crippen LogP) is 1.19. The maximum absolute atomic E-state index is 12.6. The summed E-state index contributed by atoms with van der Waals surface area (Å²) < 4.78 is 12.1. The second-order valence-corrected chi connectivity index (χ2v) is 6.85. The van der Waals surface area contributed by atoms with Crippen LogP contribution < -0.4 is 19.7 Å². The summed E-state index contributed by atoms with van der Waals surface area (Å²) in [5.74, 6) is 0.227. The fraction of sp³-hybridized carbons (Fsp3) is 0.312. The molecule has 10 nitrogen and oxygen atoms in total. The van der Waals surface area contributed by atoms with Crippen molar-refractivity contribution in [3.8, 4) is 11.5 Å². The van der Waals surface area contributed by atoms with E-state index in [0.717, 1.165) is 0 Å². The Balaban J connectivity index is 1.51. The predicted molar refractivity (Wildman–Crippen MR) is 97.3 cm³/mol. The van der Waals surface area contributed by atoms with E-state index in [0.29, 0.717) is 27.3 Å². The lowest BCUT2D eigenvalue weighted by molar-refractivity contribution is -0.122. The molecule has 4 rings (SSSR count). The standard InChI is InChI=1S/C16H16N6O4S/c1-25-10-3-4-12(26-2)11(6-10)21-7-9(5-13(21)23)14(24)18-15-20-22-8-17-19-16(22)27-15/h3-4,6,8-9H,5,7H2,1-2H3,(H,18,20,24)/t9-/m1/s1. The van der Waals surface area contributed by atoms with Crippen molar-refractivity contribution in [2.75, 3.05) is 31.0 Å². The Morgan fingerprint density at radius 1 is 1.33 bits per heavy atom. The number of carbonyl (C=O) groups is 2. The van der Waals surface area contributed by atoms with Gasteiger partial charge in [0.1, 0.15) is 17.8 Å². The summed E-state index contributed by atoms with van der Waals surface area (Å²) >= 11 is 1.21. The molecule has 0 spiro atoms. The average Bonchev–Trinajstić information content (AvgIpc) is 3.35. The van der Waals surface area contributed by atoms with Gasteiger partial charge in [0.2, 0.25) is 21.9 Å². The van der Waals surface area contributed by atoms with Crippen LogP contribution in [0.5, 0.6) is 11.5 Å². The summed E-state index contributed by atoms with van der Waals surface area (Å²) in [6.07, 6.45) is 1.56. The molecule has 1 atom stereocenters. The molecular weight excluding hydrogens is 372 g/mol. The maximum atomic E-state index is 12.6. The maximum Gasteiger partial charge on any atom is 0.236 e. The third-order valence-corrected chi connectivity index (χ3v) is 5.12. The summed E-state index contributed by atoms with van der Waals surface area (Å²) in [5.41, 5.74) is 0.580. The third-order valence-electron chi connectivity index (χ3n) is 4.29. The Labute approximate surface area is 157 Å². The molecule has 1 N–H and O–H groups in total. The first kappa shape index (κ1) is 17.2. The lowest BCUT2D eigenvalue weighted by Crippen LogP contribution is -2.28. The van der Waals surface area contributed by atoms with Gasteiger partial charge in [0.15, 0.2) is 0 Å². The molecular formula is C16H16N6O4S. The number of methoxy groups -OCH3 is 2. The molecule has 0 unspecified atom stereocenters. The highest BCUT2D eigenvalue weighted by molar-refractivity contribution is 7.20. The van der Waals surface area contributed by atoms with Gasteiger partial charge in [0.05, 0.1) is 25.8 Å². The molecule has 2 amide bonds. The van der Waals surface area contributed by atoms with Gasteiger partial charge in [0.25, 0.3) is 0 Å². The molecule has 27 heavy (non-hydrogen) atoms. The Bertz CT molecular complexity index is 987. The number of carbonyl (C=O) groups excluding carboxylic acids is 2. The number of ether oxygens (including phenoxy) is 2. The normalized spacial score (nSPS) is 16.7. The number of hydrogen-bond donors (Lipinski definition) is 1. The van der Waals surface area contributed by atoms with Gasteiger partial charge in [-0.2, -0.15) is 4.52 Å². The number of aromatic nitrogens is 4. The Morgan fingerprint density at radius 2 is 2.19 bits per heavy atom. The molecule has 11 heteroatoms. The van der Waals surface area contributed by atoms with Crippen LogP contribution in [0.2, 0.25) is 0 Å². The van der Waals surface area contributed by atoms with E-state index in [9.17, 15) is 9.59 Å². The van der Waals surface area contributed by atoms with Gasteiger partial charge in [-0.3, -0.25) is 9.59 Å².